The van der Waals surface area contributed by atoms with Gasteiger partial charge in [-0.1, -0.05) is 78.9 Å². The third-order valence-electron chi connectivity index (χ3n) is 4.30. The molecule has 0 aromatic heterocycles. The Kier molecular flexibility index (Phi) is 6.95. The minimum absolute atomic E-state index is 0.301. The number of benzene rings is 3. The van der Waals surface area contributed by atoms with Crippen LogP contribution in [0, 0.1) is 0 Å². The molecule has 0 saturated heterocycles. The van der Waals surface area contributed by atoms with Gasteiger partial charge in [0, 0.05) is 0 Å². The van der Waals surface area contributed by atoms with E-state index in [1.54, 1.807) is 6.92 Å². The second-order valence-electron chi connectivity index (χ2n) is 6.62. The zero-order valence-electron chi connectivity index (χ0n) is 16.6. The maximum absolute atomic E-state index is 12.2. The Morgan fingerprint density at radius 1 is 0.897 bits per heavy atom. The highest BCUT2D eigenvalue weighted by molar-refractivity contribution is 5.97. The van der Waals surface area contributed by atoms with Crippen molar-refractivity contribution in [3.8, 4) is 16.9 Å². The average molecular weight is 384 g/mol. The lowest BCUT2D eigenvalue weighted by molar-refractivity contribution is -0.127. The molecule has 0 heterocycles. The maximum atomic E-state index is 12.2. The normalized spacial score (nSPS) is 12.6. The molecule has 3 aromatic rings. The number of ether oxygens (including phenoxy) is 1. The molecule has 0 unspecified atom stereocenters. The van der Waals surface area contributed by atoms with Gasteiger partial charge in [0.15, 0.2) is 6.10 Å². The fourth-order valence-electron chi connectivity index (χ4n) is 2.67. The Morgan fingerprint density at radius 3 is 2.14 bits per heavy atom. The number of carbonyl (C=O) groups is 1. The number of nitrogens with one attached hydrogen (secondary N) is 1. The predicted octanol–water partition coefficient (Wildman–Crippen LogP) is 5.33. The molecule has 0 fully saturated rings. The van der Waals surface area contributed by atoms with Crippen molar-refractivity contribution in [2.24, 2.45) is 5.10 Å². The van der Waals surface area contributed by atoms with E-state index >= 15 is 0 Å². The minimum Gasteiger partial charge on any atom is -0.481 e. The summed E-state index contributed by atoms with van der Waals surface area (Å²) in [6.45, 7) is 3.53. The molecule has 29 heavy (non-hydrogen) atoms. The van der Waals surface area contributed by atoms with E-state index in [1.807, 2.05) is 91.9 Å². The summed E-state index contributed by atoms with van der Waals surface area (Å²) in [5.74, 6) is 0.335. The smallest absolute Gasteiger partial charge is 0.280 e. The van der Waals surface area contributed by atoms with Crippen molar-refractivity contribution in [1.29, 1.82) is 0 Å². The molecule has 1 amide bonds. The number of allylic oxidation sites excluding steroid dienone is 1. The number of nitrogens with zero attached hydrogens (tertiary/aromatic N) is 1. The van der Waals surface area contributed by atoms with E-state index in [0.717, 1.165) is 16.7 Å². The summed E-state index contributed by atoms with van der Waals surface area (Å²) < 4.78 is 5.73. The van der Waals surface area contributed by atoms with Gasteiger partial charge in [0.25, 0.3) is 5.91 Å². The quantitative estimate of drug-likeness (QED) is 0.442. The zero-order valence-corrected chi connectivity index (χ0v) is 16.6. The van der Waals surface area contributed by atoms with Crippen molar-refractivity contribution in [1.82, 2.24) is 5.43 Å². The highest BCUT2D eigenvalue weighted by Gasteiger charge is 2.14. The topological polar surface area (TPSA) is 50.7 Å². The molecule has 0 saturated carbocycles. The molecule has 0 radical (unpaired) electrons. The second kappa shape index (κ2) is 10.0. The van der Waals surface area contributed by atoms with Crippen LogP contribution in [0.3, 0.4) is 0 Å². The van der Waals surface area contributed by atoms with Crippen molar-refractivity contribution < 1.29 is 9.53 Å². The number of carbonyl (C=O) groups excluding carboxylic acids is 1. The van der Waals surface area contributed by atoms with Crippen LogP contribution < -0.4 is 10.2 Å². The Balaban J connectivity index is 1.53. The van der Waals surface area contributed by atoms with Gasteiger partial charge in [-0.25, -0.2) is 5.43 Å². The van der Waals surface area contributed by atoms with Gasteiger partial charge in [0.05, 0.1) is 5.71 Å². The number of amides is 1. The lowest BCUT2D eigenvalue weighted by Gasteiger charge is -2.13. The number of rotatable bonds is 7. The number of hydrazone groups is 1. The number of hydrogen-bond donors (Lipinski definition) is 1. The molecule has 0 aliphatic heterocycles. The lowest BCUT2D eigenvalue weighted by atomic mass is 10.1. The summed E-state index contributed by atoms with van der Waals surface area (Å²) in [6.07, 6.45) is 3.13. The largest absolute Gasteiger partial charge is 0.481 e. The summed E-state index contributed by atoms with van der Waals surface area (Å²) >= 11 is 0. The van der Waals surface area contributed by atoms with Gasteiger partial charge in [-0.3, -0.25) is 4.79 Å². The lowest BCUT2D eigenvalue weighted by Crippen LogP contribution is -2.33. The van der Waals surface area contributed by atoms with Crippen LogP contribution in [0.4, 0.5) is 0 Å². The molecular formula is C25H24N2O2. The second-order valence-corrected chi connectivity index (χ2v) is 6.62. The van der Waals surface area contributed by atoms with Gasteiger partial charge in [0.2, 0.25) is 0 Å². The van der Waals surface area contributed by atoms with Crippen LogP contribution in [0.2, 0.25) is 0 Å². The van der Waals surface area contributed by atoms with E-state index < -0.39 is 6.10 Å². The van der Waals surface area contributed by atoms with E-state index in [9.17, 15) is 4.79 Å². The molecule has 1 N–H and O–H groups in total. The molecule has 0 aliphatic carbocycles. The third-order valence-corrected chi connectivity index (χ3v) is 4.30. The first-order chi connectivity index (χ1) is 14.1. The Hall–Kier alpha value is -3.66. The summed E-state index contributed by atoms with van der Waals surface area (Å²) in [5.41, 5.74) is 6.55. The van der Waals surface area contributed by atoms with Crippen molar-refractivity contribution in [3.63, 3.8) is 0 Å². The molecule has 4 nitrogen and oxygen atoms in total. The van der Waals surface area contributed by atoms with Gasteiger partial charge in [-0.05, 0) is 48.7 Å². The molecule has 0 bridgehead atoms. The van der Waals surface area contributed by atoms with Gasteiger partial charge in [0.1, 0.15) is 5.75 Å². The van der Waals surface area contributed by atoms with Gasteiger partial charge >= 0.3 is 0 Å². The summed E-state index contributed by atoms with van der Waals surface area (Å²) in [4.78, 5) is 12.2. The average Bonchev–Trinajstić information content (AvgIpc) is 2.77. The van der Waals surface area contributed by atoms with Crippen molar-refractivity contribution in [2.45, 2.75) is 20.0 Å². The molecule has 1 atom stereocenters. The molecular weight excluding hydrogens is 360 g/mol. The maximum Gasteiger partial charge on any atom is 0.280 e. The summed E-state index contributed by atoms with van der Waals surface area (Å²) in [6, 6.07) is 27.7. The van der Waals surface area contributed by atoms with E-state index in [4.69, 9.17) is 4.74 Å². The van der Waals surface area contributed by atoms with Crippen LogP contribution in [0.25, 0.3) is 17.2 Å². The van der Waals surface area contributed by atoms with Crippen LogP contribution in [-0.4, -0.2) is 17.7 Å². The first-order valence-corrected chi connectivity index (χ1v) is 9.51. The fourth-order valence-corrected chi connectivity index (χ4v) is 2.67. The first kappa shape index (κ1) is 20.1. The molecule has 4 heteroatoms. The Labute approximate surface area is 171 Å². The van der Waals surface area contributed by atoms with Crippen LogP contribution in [0.5, 0.6) is 5.75 Å². The molecule has 3 rings (SSSR count). The molecule has 3 aromatic carbocycles. The highest BCUT2D eigenvalue weighted by atomic mass is 16.5. The Morgan fingerprint density at radius 2 is 1.48 bits per heavy atom. The van der Waals surface area contributed by atoms with E-state index in [2.05, 4.69) is 22.7 Å². The molecule has 146 valence electrons. The van der Waals surface area contributed by atoms with Crippen LogP contribution >= 0.6 is 0 Å². The van der Waals surface area contributed by atoms with Gasteiger partial charge < -0.3 is 4.74 Å². The van der Waals surface area contributed by atoms with E-state index in [1.165, 1.54) is 0 Å². The molecule has 0 aliphatic rings. The fraction of sp³-hybridized carbons (Fsp3) is 0.120. The van der Waals surface area contributed by atoms with Gasteiger partial charge in [-0.2, -0.15) is 5.10 Å². The zero-order chi connectivity index (χ0) is 20.5. The number of hydrogen-bond acceptors (Lipinski definition) is 3. The van der Waals surface area contributed by atoms with Crippen LogP contribution in [0.15, 0.2) is 96.1 Å². The van der Waals surface area contributed by atoms with Crippen LogP contribution in [-0.2, 0) is 4.79 Å². The standard InChI is InChI=1S/C25H24N2O2/c1-19(13-14-21-9-5-3-6-10-21)26-27-25(28)20(2)29-24-17-15-23(16-18-24)22-11-7-4-8-12-22/h3-18,20H,1-2H3,(H,27,28)/b14-13+,26-19-/t20-/m0/s1. The van der Waals surface area contributed by atoms with E-state index in [-0.39, 0.29) is 5.91 Å². The summed E-state index contributed by atoms with van der Waals surface area (Å²) in [7, 11) is 0. The van der Waals surface area contributed by atoms with Gasteiger partial charge in [-0.15, -0.1) is 0 Å². The predicted molar refractivity (Wildman–Crippen MR) is 119 cm³/mol. The monoisotopic (exact) mass is 384 g/mol. The third kappa shape index (κ3) is 6.18. The molecule has 0 spiro atoms. The van der Waals surface area contributed by atoms with E-state index in [0.29, 0.717) is 11.5 Å². The van der Waals surface area contributed by atoms with Crippen molar-refractivity contribution in [2.75, 3.05) is 0 Å². The Bertz CT molecular complexity index is 978. The van der Waals surface area contributed by atoms with Crippen LogP contribution in [0.1, 0.15) is 19.4 Å². The van der Waals surface area contributed by atoms with Crippen molar-refractivity contribution >= 4 is 17.7 Å². The highest BCUT2D eigenvalue weighted by Crippen LogP contribution is 2.22. The SMILES string of the molecule is CC(/C=C/c1ccccc1)=N/NC(=O)[C@H](C)Oc1ccc(-c2ccccc2)cc1. The summed E-state index contributed by atoms with van der Waals surface area (Å²) in [5, 5.41) is 4.11. The van der Waals surface area contributed by atoms with Crippen molar-refractivity contribution in [3.05, 3.63) is 96.6 Å². The minimum atomic E-state index is -0.660. The first-order valence-electron chi connectivity index (χ1n) is 9.51.